The molecule has 1 heterocycles. The lowest BCUT2D eigenvalue weighted by atomic mass is 10.0. The van der Waals surface area contributed by atoms with Crippen LogP contribution in [0.5, 0.6) is 0 Å². The molecule has 0 aromatic heterocycles. The van der Waals surface area contributed by atoms with Crippen LogP contribution in [0.2, 0.25) is 0 Å². The summed E-state index contributed by atoms with van der Waals surface area (Å²) in [5, 5.41) is 15.8. The van der Waals surface area contributed by atoms with Gasteiger partial charge in [-0.3, -0.25) is 4.79 Å². The van der Waals surface area contributed by atoms with Crippen molar-refractivity contribution in [1.29, 1.82) is 0 Å². The monoisotopic (exact) mass is 523 g/mol. The highest BCUT2D eigenvalue weighted by Crippen LogP contribution is 2.32. The first kappa shape index (κ1) is 31.8. The van der Waals surface area contributed by atoms with Gasteiger partial charge in [0.2, 0.25) is 0 Å². The van der Waals surface area contributed by atoms with Crippen LogP contribution in [0.4, 0.5) is 16.2 Å². The lowest BCUT2D eigenvalue weighted by Gasteiger charge is -2.32. The van der Waals surface area contributed by atoms with E-state index in [-0.39, 0.29) is 18.0 Å². The van der Waals surface area contributed by atoms with Gasteiger partial charge in [0.1, 0.15) is 13.6 Å². The number of nitrogens with zero attached hydrogens (tertiary/aromatic N) is 1. The molecule has 4 rings (SSSR count). The Hall–Kier alpha value is -4.24. The molecule has 1 aliphatic heterocycles. The molecule has 9 heteroatoms. The Kier molecular flexibility index (Phi) is 14.4. The lowest BCUT2D eigenvalue weighted by Crippen LogP contribution is -2.42. The van der Waals surface area contributed by atoms with Gasteiger partial charge < -0.3 is 35.0 Å². The summed E-state index contributed by atoms with van der Waals surface area (Å²) in [6.07, 6.45) is 1.49. The van der Waals surface area contributed by atoms with E-state index < -0.39 is 0 Å². The van der Waals surface area contributed by atoms with Crippen LogP contribution in [-0.4, -0.2) is 68.4 Å². The van der Waals surface area contributed by atoms with E-state index in [9.17, 15) is 9.59 Å². The number of carbonyl (C=O) groups is 4. The number of ether oxygens (including phenoxy) is 1. The minimum atomic E-state index is -0.231. The molecule has 0 radical (unpaired) electrons. The fourth-order valence-corrected chi connectivity index (χ4v) is 4.19. The van der Waals surface area contributed by atoms with Gasteiger partial charge in [-0.15, -0.1) is 0 Å². The Labute approximate surface area is 223 Å². The van der Waals surface area contributed by atoms with Crippen molar-refractivity contribution in [2.24, 2.45) is 0 Å². The van der Waals surface area contributed by atoms with E-state index in [2.05, 4.69) is 16.7 Å². The van der Waals surface area contributed by atoms with Crippen LogP contribution in [0.1, 0.15) is 35.7 Å². The maximum Gasteiger partial charge on any atom is 0.409 e. The second-order valence-corrected chi connectivity index (χ2v) is 8.08. The minimum absolute atomic E-state index is 0.111. The summed E-state index contributed by atoms with van der Waals surface area (Å²) in [7, 11) is 1.00. The number of aliphatic hydroxyl groups is 1. The fraction of sp³-hybridized carbons (Fsp3) is 0.310. The molecule has 0 unspecified atom stereocenters. The second-order valence-electron chi connectivity index (χ2n) is 8.08. The van der Waals surface area contributed by atoms with Crippen molar-refractivity contribution >= 4 is 47.7 Å². The molecular weight excluding hydrogens is 486 g/mol. The van der Waals surface area contributed by atoms with Crippen LogP contribution in [0.3, 0.4) is 0 Å². The molecule has 1 aliphatic rings. The molecular formula is C29H37N3O6. The molecule has 3 N–H and O–H groups in total. The summed E-state index contributed by atoms with van der Waals surface area (Å²) >= 11 is 0. The molecule has 1 fully saturated rings. The zero-order valence-electron chi connectivity index (χ0n) is 22.2. The van der Waals surface area contributed by atoms with Crippen LogP contribution in [-0.2, 0) is 14.3 Å². The highest BCUT2D eigenvalue weighted by Gasteiger charge is 2.24. The zero-order chi connectivity index (χ0) is 28.5. The van der Waals surface area contributed by atoms with Gasteiger partial charge in [0.15, 0.2) is 0 Å². The topological polar surface area (TPSA) is 125 Å². The van der Waals surface area contributed by atoms with Crippen LogP contribution >= 0.6 is 0 Å². The molecule has 204 valence electrons. The van der Waals surface area contributed by atoms with E-state index in [1.807, 2.05) is 82.0 Å². The molecule has 9 nitrogen and oxygen atoms in total. The molecule has 0 aliphatic carbocycles. The van der Waals surface area contributed by atoms with Crippen LogP contribution in [0.25, 0.3) is 10.8 Å². The largest absolute Gasteiger partial charge is 0.450 e. The van der Waals surface area contributed by atoms with E-state index in [4.69, 9.17) is 19.4 Å². The lowest BCUT2D eigenvalue weighted by molar-refractivity contribution is -0.0987. The fourth-order valence-electron chi connectivity index (χ4n) is 4.19. The third-order valence-corrected chi connectivity index (χ3v) is 5.94. The van der Waals surface area contributed by atoms with E-state index in [0.29, 0.717) is 25.3 Å². The summed E-state index contributed by atoms with van der Waals surface area (Å²) < 4.78 is 5.11. The number of rotatable bonds is 5. The maximum absolute atomic E-state index is 12.8. The Morgan fingerprint density at radius 3 is 2.00 bits per heavy atom. The Bertz CT molecular complexity index is 1160. The molecule has 3 aromatic carbocycles. The normalized spacial score (nSPS) is 12.4. The predicted molar refractivity (Wildman–Crippen MR) is 151 cm³/mol. The first-order valence-electron chi connectivity index (χ1n) is 12.2. The molecule has 0 spiro atoms. The number of fused-ring (bicyclic) bond motifs is 1. The highest BCUT2D eigenvalue weighted by atomic mass is 16.6. The number of aryl methyl sites for hydroxylation is 1. The van der Waals surface area contributed by atoms with Gasteiger partial charge in [-0.2, -0.15) is 0 Å². The molecule has 0 bridgehead atoms. The Balaban J connectivity index is 0.00000112. The number of hydrogen-bond donors (Lipinski definition) is 3. The number of carbonyl (C=O) groups excluding carboxylic acids is 4. The summed E-state index contributed by atoms with van der Waals surface area (Å²) in [5.74, 6) is -0.111. The van der Waals surface area contributed by atoms with Crippen LogP contribution < -0.4 is 10.6 Å². The van der Waals surface area contributed by atoms with Gasteiger partial charge >= 0.3 is 6.09 Å². The average Bonchev–Trinajstić information content (AvgIpc) is 2.98. The van der Waals surface area contributed by atoms with Crippen molar-refractivity contribution in [3.8, 4) is 0 Å². The van der Waals surface area contributed by atoms with Gasteiger partial charge in [0, 0.05) is 54.0 Å². The summed E-state index contributed by atoms with van der Waals surface area (Å²) in [6, 6.07) is 19.9. The number of amides is 2. The SMILES string of the molecule is C=O.C=O.CCOC(=O)N1CCC(Nc2ccc(NC(=O)c3ccccc3C)c3ccccc23)CC1.CO. The third-order valence-electron chi connectivity index (χ3n) is 5.94. The quantitative estimate of drug-likeness (QED) is 0.444. The van der Waals surface area contributed by atoms with Crippen molar-refractivity contribution in [3.63, 3.8) is 0 Å². The van der Waals surface area contributed by atoms with Crippen molar-refractivity contribution in [1.82, 2.24) is 4.90 Å². The molecule has 38 heavy (non-hydrogen) atoms. The van der Waals surface area contributed by atoms with Crippen molar-refractivity contribution in [2.45, 2.75) is 32.7 Å². The summed E-state index contributed by atoms with van der Waals surface area (Å²) in [4.78, 5) is 42.5. The van der Waals surface area contributed by atoms with E-state index >= 15 is 0 Å². The van der Waals surface area contributed by atoms with Gasteiger partial charge in [-0.05, 0) is 50.5 Å². The number of nitrogens with one attached hydrogen (secondary N) is 2. The first-order chi connectivity index (χ1) is 18.6. The van der Waals surface area contributed by atoms with E-state index in [1.165, 1.54) is 0 Å². The molecule has 3 aromatic rings. The van der Waals surface area contributed by atoms with Crippen LogP contribution in [0.15, 0.2) is 60.7 Å². The maximum atomic E-state index is 12.8. The zero-order valence-corrected chi connectivity index (χ0v) is 22.2. The minimum Gasteiger partial charge on any atom is -0.450 e. The van der Waals surface area contributed by atoms with Gasteiger partial charge in [0.05, 0.1) is 6.61 Å². The first-order valence-corrected chi connectivity index (χ1v) is 12.2. The molecule has 0 atom stereocenters. The number of benzene rings is 3. The smallest absolute Gasteiger partial charge is 0.409 e. The van der Waals surface area contributed by atoms with Gasteiger partial charge in [-0.25, -0.2) is 4.79 Å². The summed E-state index contributed by atoms with van der Waals surface area (Å²) in [5.41, 5.74) is 3.44. The Morgan fingerprint density at radius 2 is 1.42 bits per heavy atom. The number of piperidine rings is 1. The van der Waals surface area contributed by atoms with Crippen molar-refractivity contribution in [2.75, 3.05) is 37.4 Å². The highest BCUT2D eigenvalue weighted by molar-refractivity contribution is 6.11. The molecule has 1 saturated heterocycles. The molecule has 0 saturated carbocycles. The Morgan fingerprint density at radius 1 is 0.895 bits per heavy atom. The van der Waals surface area contributed by atoms with Crippen molar-refractivity contribution < 1.29 is 29.0 Å². The van der Waals surface area contributed by atoms with E-state index in [1.54, 1.807) is 4.90 Å². The van der Waals surface area contributed by atoms with Gasteiger partial charge in [0.25, 0.3) is 5.91 Å². The third kappa shape index (κ3) is 8.41. The van der Waals surface area contributed by atoms with Crippen LogP contribution in [0, 0.1) is 6.92 Å². The van der Waals surface area contributed by atoms with Gasteiger partial charge in [-0.1, -0.05) is 42.5 Å². The summed E-state index contributed by atoms with van der Waals surface area (Å²) in [6.45, 7) is 9.52. The number of hydrogen-bond acceptors (Lipinski definition) is 7. The second kappa shape index (κ2) is 17.3. The molecule has 2 amide bonds. The van der Waals surface area contributed by atoms with Crippen molar-refractivity contribution in [3.05, 3.63) is 71.8 Å². The standard InChI is InChI=1S/C26H29N3O3.CH4O.2CH2O/c1-3-32-26(31)29-16-14-19(15-17-29)27-23-12-13-24(22-11-7-6-10-21(22)23)28-25(30)20-9-5-4-8-18(20)2;3*1-2/h4-13,19,27H,3,14-17H2,1-2H3,(H,28,30);2H,1H3;2*1H2. The predicted octanol–water partition coefficient (Wildman–Crippen LogP) is 4.67. The van der Waals surface area contributed by atoms with E-state index in [0.717, 1.165) is 47.7 Å². The number of aliphatic hydroxyl groups excluding tert-OH is 1. The number of anilines is 2. The average molecular weight is 524 g/mol. The number of likely N-dealkylation sites (tertiary alicyclic amines) is 1.